The Labute approximate surface area is 126 Å². The van der Waals surface area contributed by atoms with Gasteiger partial charge in [0.1, 0.15) is 0 Å². The van der Waals surface area contributed by atoms with E-state index < -0.39 is 0 Å². The van der Waals surface area contributed by atoms with Crippen LogP contribution < -0.4 is 0 Å². The Morgan fingerprint density at radius 1 is 1.25 bits per heavy atom. The zero-order chi connectivity index (χ0) is 14.5. The highest BCUT2D eigenvalue weighted by Gasteiger charge is 2.30. The monoisotopic (exact) mass is 291 g/mol. The molecule has 3 heteroatoms. The third-order valence-corrected chi connectivity index (χ3v) is 4.80. The Kier molecular flexibility index (Phi) is 5.55. The molecule has 0 bridgehead atoms. The van der Waals surface area contributed by atoms with Gasteiger partial charge in [-0.25, -0.2) is 4.21 Å². The van der Waals surface area contributed by atoms with Crippen LogP contribution in [-0.4, -0.2) is 33.1 Å². The van der Waals surface area contributed by atoms with E-state index in [1.807, 2.05) is 0 Å². The lowest BCUT2D eigenvalue weighted by Gasteiger charge is -2.35. The highest BCUT2D eigenvalue weighted by Crippen LogP contribution is 2.27. The normalized spacial score (nSPS) is 18.2. The molecule has 0 radical (unpaired) electrons. The summed E-state index contributed by atoms with van der Waals surface area (Å²) < 4.78 is 11.8. The molecule has 1 atom stereocenters. The van der Waals surface area contributed by atoms with Gasteiger partial charge in [-0.2, -0.15) is 0 Å². The first-order valence-electron chi connectivity index (χ1n) is 7.72. The van der Waals surface area contributed by atoms with E-state index >= 15 is 0 Å². The van der Waals surface area contributed by atoms with Crippen molar-refractivity contribution in [1.29, 1.82) is 0 Å². The summed E-state index contributed by atoms with van der Waals surface area (Å²) in [7, 11) is 0. The maximum Gasteiger partial charge on any atom is 0.0943 e. The highest BCUT2D eigenvalue weighted by atomic mass is 32.1. The van der Waals surface area contributed by atoms with Gasteiger partial charge in [-0.05, 0) is 62.4 Å². The molecule has 0 aromatic heterocycles. The molecule has 0 saturated heterocycles. The second-order valence-electron chi connectivity index (χ2n) is 5.65. The first-order chi connectivity index (χ1) is 9.72. The number of aryl methyl sites for hydroxylation is 2. The number of nitrogens with zero attached hydrogens (tertiary/aromatic N) is 1. The van der Waals surface area contributed by atoms with Gasteiger partial charge in [0.05, 0.1) is 16.1 Å². The second-order valence-corrected chi connectivity index (χ2v) is 6.25. The standard InChI is InChI=1S/C17H25NOS/c1-4-11-18(12-5-2)15-10-9-14-8-6-7-13(3)16(14)17(15)20-19/h6-8,15H,4-5,9-12H2,1-3H3. The summed E-state index contributed by atoms with van der Waals surface area (Å²) in [5.74, 6) is 0. The van der Waals surface area contributed by atoms with Gasteiger partial charge in [0.15, 0.2) is 0 Å². The summed E-state index contributed by atoms with van der Waals surface area (Å²) in [5.41, 5.74) is 3.84. The van der Waals surface area contributed by atoms with Crippen LogP contribution in [0, 0.1) is 6.92 Å². The van der Waals surface area contributed by atoms with Crippen LogP contribution in [0.5, 0.6) is 0 Å². The predicted molar refractivity (Wildman–Crippen MR) is 87.7 cm³/mol. The molecule has 110 valence electrons. The van der Waals surface area contributed by atoms with Gasteiger partial charge in [0, 0.05) is 6.04 Å². The van der Waals surface area contributed by atoms with Crippen molar-refractivity contribution in [3.8, 4) is 0 Å². The molecular weight excluding hydrogens is 266 g/mol. The lowest BCUT2D eigenvalue weighted by atomic mass is 9.84. The molecule has 0 amide bonds. The Balaban J connectivity index is 2.38. The van der Waals surface area contributed by atoms with Crippen molar-refractivity contribution < 1.29 is 4.21 Å². The summed E-state index contributed by atoms with van der Waals surface area (Å²) >= 11 is 0.716. The molecule has 0 saturated carbocycles. The lowest BCUT2D eigenvalue weighted by molar-refractivity contribution is 0.233. The largest absolute Gasteiger partial charge is 0.295 e. The van der Waals surface area contributed by atoms with Crippen LogP contribution in [0.4, 0.5) is 0 Å². The van der Waals surface area contributed by atoms with Crippen molar-refractivity contribution >= 4 is 16.1 Å². The van der Waals surface area contributed by atoms with Crippen molar-refractivity contribution in [3.05, 3.63) is 34.9 Å². The summed E-state index contributed by atoms with van der Waals surface area (Å²) in [6.45, 7) is 8.73. The number of rotatable bonds is 5. The van der Waals surface area contributed by atoms with Crippen LogP contribution in [0.3, 0.4) is 0 Å². The van der Waals surface area contributed by atoms with Crippen molar-refractivity contribution in [1.82, 2.24) is 4.90 Å². The second kappa shape index (κ2) is 7.19. The fraction of sp³-hybridized carbons (Fsp3) is 0.588. The molecule has 2 rings (SSSR count). The topological polar surface area (TPSA) is 20.3 Å². The van der Waals surface area contributed by atoms with Crippen LogP contribution in [0.25, 0.3) is 0 Å². The average molecular weight is 291 g/mol. The van der Waals surface area contributed by atoms with Gasteiger partial charge in [-0.15, -0.1) is 0 Å². The summed E-state index contributed by atoms with van der Waals surface area (Å²) in [4.78, 5) is 3.56. The van der Waals surface area contributed by atoms with Crippen molar-refractivity contribution in [2.24, 2.45) is 0 Å². The molecule has 1 aromatic carbocycles. The Morgan fingerprint density at radius 2 is 1.95 bits per heavy atom. The SMILES string of the molecule is CCCN(CCC)C1CCc2cccc(C)c2C1=S=O. The summed E-state index contributed by atoms with van der Waals surface area (Å²) in [6, 6.07) is 6.74. The van der Waals surface area contributed by atoms with Crippen LogP contribution >= 0.6 is 0 Å². The van der Waals surface area contributed by atoms with Gasteiger partial charge in [0.25, 0.3) is 0 Å². The molecule has 20 heavy (non-hydrogen) atoms. The minimum atomic E-state index is 0.325. The van der Waals surface area contributed by atoms with Gasteiger partial charge in [-0.1, -0.05) is 32.0 Å². The third-order valence-electron chi connectivity index (χ3n) is 4.15. The molecule has 2 nitrogen and oxygen atoms in total. The Bertz CT molecular complexity index is 514. The first kappa shape index (κ1) is 15.5. The van der Waals surface area contributed by atoms with Crippen molar-refractivity contribution in [2.75, 3.05) is 13.1 Å². The van der Waals surface area contributed by atoms with Crippen LogP contribution in [0.1, 0.15) is 49.8 Å². The van der Waals surface area contributed by atoms with Crippen LogP contribution in [0.2, 0.25) is 0 Å². The molecule has 0 N–H and O–H groups in total. The van der Waals surface area contributed by atoms with E-state index in [-0.39, 0.29) is 0 Å². The van der Waals surface area contributed by atoms with Crippen LogP contribution in [-0.2, 0) is 17.7 Å². The minimum absolute atomic E-state index is 0.325. The summed E-state index contributed by atoms with van der Waals surface area (Å²) in [5, 5.41) is 0. The van der Waals surface area contributed by atoms with E-state index in [2.05, 4.69) is 43.9 Å². The van der Waals surface area contributed by atoms with E-state index in [9.17, 15) is 4.21 Å². The minimum Gasteiger partial charge on any atom is -0.295 e. The van der Waals surface area contributed by atoms with Gasteiger partial charge < -0.3 is 0 Å². The Hall–Kier alpha value is -0.930. The third kappa shape index (κ3) is 3.04. The smallest absolute Gasteiger partial charge is 0.0943 e. The van der Waals surface area contributed by atoms with E-state index in [1.165, 1.54) is 16.7 Å². The van der Waals surface area contributed by atoms with E-state index in [0.717, 1.165) is 43.6 Å². The fourth-order valence-corrected chi connectivity index (χ4v) is 4.08. The van der Waals surface area contributed by atoms with E-state index in [0.29, 0.717) is 17.3 Å². The number of hydrogen-bond donors (Lipinski definition) is 0. The summed E-state index contributed by atoms with van der Waals surface area (Å²) in [6.07, 6.45) is 4.47. The van der Waals surface area contributed by atoms with E-state index in [4.69, 9.17) is 0 Å². The quantitative estimate of drug-likeness (QED) is 0.777. The van der Waals surface area contributed by atoms with Gasteiger partial charge in [-0.3, -0.25) is 4.90 Å². The first-order valence-corrected chi connectivity index (χ1v) is 8.46. The average Bonchev–Trinajstić information content (AvgIpc) is 2.46. The maximum atomic E-state index is 11.8. The molecule has 0 heterocycles. The van der Waals surface area contributed by atoms with Crippen molar-refractivity contribution in [2.45, 2.75) is 52.5 Å². The van der Waals surface area contributed by atoms with Crippen molar-refractivity contribution in [3.63, 3.8) is 0 Å². The molecule has 0 aliphatic heterocycles. The Morgan fingerprint density at radius 3 is 2.55 bits per heavy atom. The molecule has 1 aromatic rings. The predicted octanol–water partition coefficient (Wildman–Crippen LogP) is 3.17. The molecule has 1 aliphatic rings. The molecule has 1 aliphatic carbocycles. The molecule has 1 unspecified atom stereocenters. The molecular formula is C17H25NOS. The number of hydrogen-bond acceptors (Lipinski definition) is 2. The highest BCUT2D eigenvalue weighted by molar-refractivity contribution is 7.67. The van der Waals surface area contributed by atoms with E-state index in [1.54, 1.807) is 0 Å². The number of benzene rings is 1. The lowest BCUT2D eigenvalue weighted by Crippen LogP contribution is -2.45. The molecule has 0 spiro atoms. The molecule has 0 fully saturated rings. The van der Waals surface area contributed by atoms with Gasteiger partial charge in [0.2, 0.25) is 0 Å². The zero-order valence-corrected chi connectivity index (χ0v) is 13.6. The fourth-order valence-electron chi connectivity index (χ4n) is 3.32. The maximum absolute atomic E-state index is 11.8. The zero-order valence-electron chi connectivity index (χ0n) is 12.8. The number of fused-ring (bicyclic) bond motifs is 1. The van der Waals surface area contributed by atoms with Crippen LogP contribution in [0.15, 0.2) is 18.2 Å². The van der Waals surface area contributed by atoms with Gasteiger partial charge >= 0.3 is 0 Å².